The third kappa shape index (κ3) is 6.02. The molecule has 61 heavy (non-hydrogen) atoms. The molecule has 0 saturated heterocycles. The van der Waals surface area contributed by atoms with Gasteiger partial charge in [-0.05, 0) is 90.3 Å². The zero-order chi connectivity index (χ0) is 40.3. The summed E-state index contributed by atoms with van der Waals surface area (Å²) in [4.78, 5) is 20.8. The molecule has 0 amide bonds. The summed E-state index contributed by atoms with van der Waals surface area (Å²) >= 11 is 0. The fourth-order valence-corrected chi connectivity index (χ4v) is 8.77. The molecule has 10 aromatic carbocycles. The molecule has 0 aliphatic heterocycles. The summed E-state index contributed by atoms with van der Waals surface area (Å²) < 4.78 is 6.57. The van der Waals surface area contributed by atoms with Crippen LogP contribution >= 0.6 is 0 Å². The lowest BCUT2D eigenvalue weighted by Crippen LogP contribution is -2.01. The Kier molecular flexibility index (Phi) is 8.10. The van der Waals surface area contributed by atoms with Crippen LogP contribution in [0.4, 0.5) is 0 Å². The zero-order valence-corrected chi connectivity index (χ0v) is 32.8. The molecule has 5 heteroatoms. The monoisotopic (exact) mass is 778 g/mol. The van der Waals surface area contributed by atoms with Gasteiger partial charge in [0.2, 0.25) is 5.89 Å². The van der Waals surface area contributed by atoms with E-state index < -0.39 is 0 Å². The molecule has 5 nitrogen and oxygen atoms in total. The lowest BCUT2D eigenvalue weighted by molar-refractivity contribution is 0.623. The van der Waals surface area contributed by atoms with Crippen LogP contribution in [0.25, 0.3) is 122 Å². The third-order valence-corrected chi connectivity index (χ3v) is 11.7. The molecular weight excluding hydrogens is 745 g/mol. The van der Waals surface area contributed by atoms with Gasteiger partial charge in [0.25, 0.3) is 0 Å². The second kappa shape index (κ2) is 14.2. The molecule has 0 radical (unpaired) electrons. The maximum atomic E-state index is 6.57. The maximum Gasteiger partial charge on any atom is 0.227 e. The molecule has 0 unspecified atom stereocenters. The van der Waals surface area contributed by atoms with Crippen molar-refractivity contribution >= 4 is 54.2 Å². The maximum absolute atomic E-state index is 6.57. The number of nitrogens with zero attached hydrogens (tertiary/aromatic N) is 4. The van der Waals surface area contributed by atoms with Crippen molar-refractivity contribution in [3.63, 3.8) is 0 Å². The topological polar surface area (TPSA) is 64.7 Å². The summed E-state index contributed by atoms with van der Waals surface area (Å²) in [5, 5.41) is 8.95. The quantitative estimate of drug-likeness (QED) is 0.157. The highest BCUT2D eigenvalue weighted by Gasteiger charge is 2.19. The van der Waals surface area contributed by atoms with E-state index in [1.54, 1.807) is 0 Å². The molecule has 0 fully saturated rings. The van der Waals surface area contributed by atoms with E-state index in [-0.39, 0.29) is 0 Å². The van der Waals surface area contributed by atoms with Crippen molar-refractivity contribution in [1.82, 2.24) is 19.9 Å². The van der Waals surface area contributed by atoms with Gasteiger partial charge in [0, 0.05) is 27.6 Å². The molecule has 12 rings (SSSR count). The molecule has 0 atom stereocenters. The Bertz CT molecular complexity index is 3650. The molecule has 12 aromatic rings. The normalized spacial score (nSPS) is 11.6. The van der Waals surface area contributed by atoms with Gasteiger partial charge in [0.15, 0.2) is 23.1 Å². The summed E-state index contributed by atoms with van der Waals surface area (Å²) in [6.45, 7) is 0. The van der Waals surface area contributed by atoms with Crippen molar-refractivity contribution in [1.29, 1.82) is 0 Å². The Labute approximate surface area is 351 Å². The van der Waals surface area contributed by atoms with Crippen molar-refractivity contribution in [2.24, 2.45) is 0 Å². The molecule has 2 aromatic heterocycles. The van der Waals surface area contributed by atoms with Crippen LogP contribution in [0.2, 0.25) is 0 Å². The molecule has 284 valence electrons. The first-order chi connectivity index (χ1) is 30.2. The van der Waals surface area contributed by atoms with E-state index in [4.69, 9.17) is 24.4 Å². The molecule has 0 bridgehead atoms. The lowest BCUT2D eigenvalue weighted by atomic mass is 9.94. The second-order valence-electron chi connectivity index (χ2n) is 15.4. The Morgan fingerprint density at radius 2 is 0.836 bits per heavy atom. The Balaban J connectivity index is 1.07. The van der Waals surface area contributed by atoms with Crippen molar-refractivity contribution in [2.75, 3.05) is 0 Å². The minimum Gasteiger partial charge on any atom is -0.435 e. The van der Waals surface area contributed by atoms with Crippen LogP contribution in [0.3, 0.4) is 0 Å². The van der Waals surface area contributed by atoms with E-state index in [2.05, 4.69) is 164 Å². The second-order valence-corrected chi connectivity index (χ2v) is 15.4. The van der Waals surface area contributed by atoms with E-state index in [9.17, 15) is 0 Å². The molecular formula is C56H34N4O. The highest BCUT2D eigenvalue weighted by molar-refractivity contribution is 6.13. The van der Waals surface area contributed by atoms with Crippen LogP contribution in [-0.4, -0.2) is 19.9 Å². The lowest BCUT2D eigenvalue weighted by Gasteiger charge is -2.14. The highest BCUT2D eigenvalue weighted by atomic mass is 16.3. The SMILES string of the molecule is c1ccc(-c2nc3ccc4cccc(-c5ccc6cccc(-c7nc(-c8ccc9ccc%10ccccc%10c9c8)nc(-c8ccccc8-c8ccccc8)n7)c6c5)c4c3o2)cc1. The number of hydrogen-bond acceptors (Lipinski definition) is 5. The molecule has 0 aliphatic carbocycles. The van der Waals surface area contributed by atoms with Crippen LogP contribution in [0.15, 0.2) is 211 Å². The fraction of sp³-hybridized carbons (Fsp3) is 0. The number of benzene rings is 10. The van der Waals surface area contributed by atoms with Crippen LogP contribution in [0.5, 0.6) is 0 Å². The van der Waals surface area contributed by atoms with Crippen molar-refractivity contribution < 1.29 is 4.42 Å². The van der Waals surface area contributed by atoms with Gasteiger partial charge in [-0.15, -0.1) is 0 Å². The van der Waals surface area contributed by atoms with E-state index in [0.717, 1.165) is 82.5 Å². The van der Waals surface area contributed by atoms with E-state index in [0.29, 0.717) is 23.4 Å². The van der Waals surface area contributed by atoms with Crippen LogP contribution in [-0.2, 0) is 0 Å². The first-order valence-corrected chi connectivity index (χ1v) is 20.5. The van der Waals surface area contributed by atoms with Gasteiger partial charge in [-0.25, -0.2) is 19.9 Å². The summed E-state index contributed by atoms with van der Waals surface area (Å²) in [5.74, 6) is 2.43. The number of rotatable bonds is 6. The minimum absolute atomic E-state index is 0.603. The van der Waals surface area contributed by atoms with Crippen LogP contribution in [0, 0.1) is 0 Å². The fourth-order valence-electron chi connectivity index (χ4n) is 8.77. The minimum atomic E-state index is 0.603. The molecule has 0 spiro atoms. The van der Waals surface area contributed by atoms with Gasteiger partial charge < -0.3 is 4.42 Å². The summed E-state index contributed by atoms with van der Waals surface area (Å²) in [5.41, 5.74) is 9.59. The number of aromatic nitrogens is 4. The van der Waals surface area contributed by atoms with Gasteiger partial charge in [-0.1, -0.05) is 176 Å². The smallest absolute Gasteiger partial charge is 0.227 e. The zero-order valence-electron chi connectivity index (χ0n) is 32.8. The van der Waals surface area contributed by atoms with Gasteiger partial charge in [-0.2, -0.15) is 0 Å². The number of fused-ring (bicyclic) bond motifs is 7. The van der Waals surface area contributed by atoms with Gasteiger partial charge in [0.05, 0.1) is 0 Å². The Morgan fingerprint density at radius 1 is 0.295 bits per heavy atom. The largest absolute Gasteiger partial charge is 0.435 e. The predicted octanol–water partition coefficient (Wildman–Crippen LogP) is 14.6. The average molecular weight is 779 g/mol. The summed E-state index contributed by atoms with van der Waals surface area (Å²) in [6, 6.07) is 71.8. The summed E-state index contributed by atoms with van der Waals surface area (Å²) in [6.07, 6.45) is 0. The first-order valence-electron chi connectivity index (χ1n) is 20.5. The van der Waals surface area contributed by atoms with E-state index in [1.807, 2.05) is 42.5 Å². The van der Waals surface area contributed by atoms with Gasteiger partial charge in [0.1, 0.15) is 5.52 Å². The van der Waals surface area contributed by atoms with Crippen molar-refractivity contribution in [3.8, 4) is 67.9 Å². The summed E-state index contributed by atoms with van der Waals surface area (Å²) in [7, 11) is 0. The standard InChI is InChI=1S/C56H34N4O/c1-3-13-35(14-4-1)43-20-9-10-22-46(43)54-58-53(42-30-28-38-26-25-36-15-7-8-21-44(36)48(38)34-42)59-55(60-54)47-24-11-18-37-27-29-41(33-49(37)47)45-23-12-19-39-31-32-50-52(51(39)45)61-56(57-50)40-16-5-2-6-17-40/h1-34H. The molecule has 0 aliphatic rings. The first kappa shape index (κ1) is 34.7. The van der Waals surface area contributed by atoms with E-state index in [1.165, 1.54) is 16.2 Å². The van der Waals surface area contributed by atoms with Gasteiger partial charge >= 0.3 is 0 Å². The van der Waals surface area contributed by atoms with E-state index >= 15 is 0 Å². The van der Waals surface area contributed by atoms with Crippen LogP contribution in [0.1, 0.15) is 0 Å². The van der Waals surface area contributed by atoms with Crippen molar-refractivity contribution in [3.05, 3.63) is 206 Å². The highest BCUT2D eigenvalue weighted by Crippen LogP contribution is 2.40. The van der Waals surface area contributed by atoms with Crippen molar-refractivity contribution in [2.45, 2.75) is 0 Å². The molecule has 2 heterocycles. The number of oxazole rings is 1. The Morgan fingerprint density at radius 3 is 1.66 bits per heavy atom. The van der Waals surface area contributed by atoms with Gasteiger partial charge in [-0.3, -0.25) is 0 Å². The average Bonchev–Trinajstić information content (AvgIpc) is 3.79. The third-order valence-electron chi connectivity index (χ3n) is 11.7. The van der Waals surface area contributed by atoms with Crippen LogP contribution < -0.4 is 0 Å². The Hall–Kier alpha value is -8.28. The predicted molar refractivity (Wildman–Crippen MR) is 250 cm³/mol. The molecule has 0 saturated carbocycles. The molecule has 0 N–H and O–H groups in total. The number of hydrogen-bond donors (Lipinski definition) is 0.